The molecule has 5 aromatic rings. The molecule has 0 spiro atoms. The molecule has 1 nitrogen and oxygen atoms in total. The second-order valence-electron chi connectivity index (χ2n) is 8.32. The van der Waals surface area contributed by atoms with Gasteiger partial charge in [-0.1, -0.05) is 90.5 Å². The Bertz CT molecular complexity index is 1360. The average molecular weight is 520 g/mol. The van der Waals surface area contributed by atoms with Gasteiger partial charge in [-0.15, -0.1) is 0 Å². The number of hydrogen-bond acceptors (Lipinski definition) is 0. The van der Waals surface area contributed by atoms with Crippen LogP contribution in [0.5, 0.6) is 0 Å². The molecule has 7 heteroatoms. The molecule has 37 heavy (non-hydrogen) atoms. The fourth-order valence-electron chi connectivity index (χ4n) is 4.06. The summed E-state index contributed by atoms with van der Waals surface area (Å²) in [5.41, 5.74) is 8.37. The van der Waals surface area contributed by atoms with Crippen LogP contribution in [-0.4, -0.2) is 7.25 Å². The SMILES string of the molecule is Clc1ccc(C[n+]2c(-c3ccccc3)cc(-c3ccccc3)cc2-c2ccccc2)cc1.F[B-](F)(F)F. The monoisotopic (exact) mass is 519 g/mol. The molecular weight excluding hydrogens is 497 g/mol. The molecule has 0 N–H and O–H groups in total. The standard InChI is InChI=1S/C30H23ClN.BF4/c31-28-18-16-23(17-19-28)22-32-29(25-12-6-2-7-13-25)20-27(24-10-4-1-5-11-24)21-30(32)26-14-8-3-9-15-26;2-1(3,4)5/h1-21H,22H2;/q+1;-1. The average Bonchev–Trinajstić information content (AvgIpc) is 2.90. The van der Waals surface area contributed by atoms with Crippen molar-refractivity contribution in [3.63, 3.8) is 0 Å². The summed E-state index contributed by atoms with van der Waals surface area (Å²) < 4.78 is 41.4. The number of pyridine rings is 1. The molecule has 0 aliphatic heterocycles. The topological polar surface area (TPSA) is 3.88 Å². The van der Waals surface area contributed by atoms with Crippen LogP contribution >= 0.6 is 11.6 Å². The predicted molar refractivity (Wildman–Crippen MR) is 144 cm³/mol. The van der Waals surface area contributed by atoms with E-state index in [1.54, 1.807) is 0 Å². The first-order valence-electron chi connectivity index (χ1n) is 11.6. The molecule has 1 heterocycles. The first kappa shape index (κ1) is 26.2. The predicted octanol–water partition coefficient (Wildman–Crippen LogP) is 8.98. The molecule has 0 amide bonds. The van der Waals surface area contributed by atoms with Crippen LogP contribution in [0.2, 0.25) is 5.02 Å². The molecular formula is C30H23BClF4N. The fourth-order valence-corrected chi connectivity index (χ4v) is 4.18. The van der Waals surface area contributed by atoms with Gasteiger partial charge in [0, 0.05) is 33.8 Å². The number of benzene rings is 4. The van der Waals surface area contributed by atoms with Gasteiger partial charge in [0.05, 0.1) is 0 Å². The van der Waals surface area contributed by atoms with E-state index in [1.165, 1.54) is 39.2 Å². The van der Waals surface area contributed by atoms with Crippen molar-refractivity contribution in [3.05, 3.63) is 138 Å². The van der Waals surface area contributed by atoms with Crippen LogP contribution in [0.25, 0.3) is 33.6 Å². The third kappa shape index (κ3) is 7.54. The van der Waals surface area contributed by atoms with Gasteiger partial charge in [-0.05, 0) is 47.5 Å². The summed E-state index contributed by atoms with van der Waals surface area (Å²) in [7, 11) is -6.00. The van der Waals surface area contributed by atoms with Crippen molar-refractivity contribution in [2.45, 2.75) is 6.54 Å². The smallest absolute Gasteiger partial charge is 0.418 e. The Balaban J connectivity index is 0.000000586. The first-order chi connectivity index (χ1) is 17.8. The summed E-state index contributed by atoms with van der Waals surface area (Å²) in [6.45, 7) is 0.751. The highest BCUT2D eigenvalue weighted by Gasteiger charge is 2.23. The molecule has 0 aliphatic carbocycles. The van der Waals surface area contributed by atoms with E-state index in [4.69, 9.17) is 11.6 Å². The summed E-state index contributed by atoms with van der Waals surface area (Å²) in [6.07, 6.45) is 0. The van der Waals surface area contributed by atoms with Gasteiger partial charge in [0.15, 0.2) is 6.54 Å². The summed E-state index contributed by atoms with van der Waals surface area (Å²) in [5.74, 6) is 0. The minimum Gasteiger partial charge on any atom is -0.418 e. The third-order valence-corrected chi connectivity index (χ3v) is 5.92. The minimum atomic E-state index is -6.00. The Morgan fingerprint density at radius 3 is 1.30 bits per heavy atom. The van der Waals surface area contributed by atoms with E-state index >= 15 is 0 Å². The molecule has 0 fully saturated rings. The molecule has 0 unspecified atom stereocenters. The van der Waals surface area contributed by atoms with E-state index in [1.807, 2.05) is 12.1 Å². The zero-order valence-electron chi connectivity index (χ0n) is 19.7. The van der Waals surface area contributed by atoms with Crippen molar-refractivity contribution in [1.29, 1.82) is 0 Å². The number of hydrogen-bond donors (Lipinski definition) is 0. The Morgan fingerprint density at radius 2 is 0.892 bits per heavy atom. The van der Waals surface area contributed by atoms with Gasteiger partial charge in [-0.25, -0.2) is 0 Å². The zero-order valence-corrected chi connectivity index (χ0v) is 20.5. The maximum Gasteiger partial charge on any atom is 0.673 e. The Morgan fingerprint density at radius 1 is 0.514 bits per heavy atom. The van der Waals surface area contributed by atoms with Gasteiger partial charge in [0.25, 0.3) is 0 Å². The second kappa shape index (κ2) is 11.9. The zero-order chi connectivity index (χ0) is 26.3. The molecule has 5 rings (SSSR count). The van der Waals surface area contributed by atoms with E-state index in [-0.39, 0.29) is 0 Å². The lowest BCUT2D eigenvalue weighted by molar-refractivity contribution is -0.666. The van der Waals surface area contributed by atoms with E-state index in [0.29, 0.717) is 0 Å². The Labute approximate surface area is 218 Å². The molecule has 0 saturated heterocycles. The van der Waals surface area contributed by atoms with Gasteiger partial charge in [0.1, 0.15) is 0 Å². The van der Waals surface area contributed by atoms with E-state index in [0.717, 1.165) is 11.6 Å². The molecule has 0 bridgehead atoms. The lowest BCUT2D eigenvalue weighted by atomic mass is 9.98. The van der Waals surface area contributed by atoms with E-state index in [9.17, 15) is 17.3 Å². The van der Waals surface area contributed by atoms with Crippen molar-refractivity contribution in [2.24, 2.45) is 0 Å². The Hall–Kier alpha value is -3.90. The van der Waals surface area contributed by atoms with E-state index < -0.39 is 7.25 Å². The largest absolute Gasteiger partial charge is 0.673 e. The number of aromatic nitrogens is 1. The van der Waals surface area contributed by atoms with Crippen molar-refractivity contribution in [2.75, 3.05) is 0 Å². The minimum absolute atomic E-state index is 0.751. The molecule has 1 aromatic heterocycles. The van der Waals surface area contributed by atoms with Crippen LogP contribution in [0.1, 0.15) is 5.56 Å². The number of halogens is 5. The van der Waals surface area contributed by atoms with Gasteiger partial charge < -0.3 is 17.3 Å². The highest BCUT2D eigenvalue weighted by atomic mass is 35.5. The molecule has 0 saturated carbocycles. The molecule has 0 radical (unpaired) electrons. The maximum absolute atomic E-state index is 9.75. The number of nitrogens with zero attached hydrogens (tertiary/aromatic N) is 1. The summed E-state index contributed by atoms with van der Waals surface area (Å²) in [6, 6.07) is 44.5. The maximum atomic E-state index is 9.75. The lowest BCUT2D eigenvalue weighted by Crippen LogP contribution is -2.39. The molecule has 0 atom stereocenters. The quantitative estimate of drug-likeness (QED) is 0.124. The van der Waals surface area contributed by atoms with Crippen molar-refractivity contribution in [1.82, 2.24) is 0 Å². The van der Waals surface area contributed by atoms with Gasteiger partial charge in [-0.3, -0.25) is 0 Å². The van der Waals surface area contributed by atoms with Crippen LogP contribution in [0, 0.1) is 0 Å². The van der Waals surface area contributed by atoms with E-state index in [2.05, 4.69) is 120 Å². The molecule has 4 aromatic carbocycles. The van der Waals surface area contributed by atoms with Crippen LogP contribution in [0.3, 0.4) is 0 Å². The molecule has 0 aliphatic rings. The number of rotatable bonds is 5. The van der Waals surface area contributed by atoms with Crippen LogP contribution in [0.15, 0.2) is 127 Å². The van der Waals surface area contributed by atoms with Crippen LogP contribution < -0.4 is 4.57 Å². The Kier molecular flexibility index (Phi) is 8.41. The van der Waals surface area contributed by atoms with Gasteiger partial charge in [-0.2, -0.15) is 4.57 Å². The van der Waals surface area contributed by atoms with Crippen LogP contribution in [-0.2, 0) is 6.54 Å². The second-order valence-corrected chi connectivity index (χ2v) is 8.76. The summed E-state index contributed by atoms with van der Waals surface area (Å²) >= 11 is 6.15. The van der Waals surface area contributed by atoms with Crippen molar-refractivity contribution < 1.29 is 21.8 Å². The fraction of sp³-hybridized carbons (Fsp3) is 0.0333. The van der Waals surface area contributed by atoms with Gasteiger partial charge in [0.2, 0.25) is 11.4 Å². The first-order valence-corrected chi connectivity index (χ1v) is 12.0. The summed E-state index contributed by atoms with van der Waals surface area (Å²) in [5, 5.41) is 0.754. The molecule has 186 valence electrons. The van der Waals surface area contributed by atoms with Crippen molar-refractivity contribution >= 4 is 18.9 Å². The normalized spacial score (nSPS) is 10.9. The summed E-state index contributed by atoms with van der Waals surface area (Å²) in [4.78, 5) is 0. The third-order valence-electron chi connectivity index (χ3n) is 5.67. The highest BCUT2D eigenvalue weighted by molar-refractivity contribution is 6.50. The van der Waals surface area contributed by atoms with Crippen LogP contribution in [0.4, 0.5) is 17.3 Å². The van der Waals surface area contributed by atoms with Gasteiger partial charge >= 0.3 is 7.25 Å². The highest BCUT2D eigenvalue weighted by Crippen LogP contribution is 2.29. The van der Waals surface area contributed by atoms with Crippen molar-refractivity contribution in [3.8, 4) is 33.6 Å². The lowest BCUT2D eigenvalue weighted by Gasteiger charge is -2.13.